The maximum atomic E-state index is 3.85. The van der Waals surface area contributed by atoms with Crippen LogP contribution in [0.15, 0.2) is 6.33 Å². The fraction of sp³-hybridized carbons (Fsp3) is 0.778. The van der Waals surface area contributed by atoms with Crippen molar-refractivity contribution in [1.29, 1.82) is 0 Å². The molecule has 0 amide bonds. The van der Waals surface area contributed by atoms with E-state index in [0.717, 1.165) is 12.2 Å². The van der Waals surface area contributed by atoms with Crippen LogP contribution < -0.4 is 0 Å². The van der Waals surface area contributed by atoms with E-state index in [0.29, 0.717) is 0 Å². The van der Waals surface area contributed by atoms with E-state index in [-0.39, 0.29) is 0 Å². The SMILES string of the molecule is CC.CC.CCc1nncn1C. The lowest BCUT2D eigenvalue weighted by Gasteiger charge is -1.90. The topological polar surface area (TPSA) is 30.7 Å². The zero-order chi connectivity index (χ0) is 9.98. The summed E-state index contributed by atoms with van der Waals surface area (Å²) in [6.07, 6.45) is 2.66. The van der Waals surface area contributed by atoms with E-state index in [1.54, 1.807) is 6.33 Å². The molecular formula is C9H21N3. The number of nitrogens with zero attached hydrogens (tertiary/aromatic N) is 3. The molecule has 1 aromatic heterocycles. The predicted molar refractivity (Wildman–Crippen MR) is 53.1 cm³/mol. The second-order valence-corrected chi connectivity index (χ2v) is 1.71. The molecule has 3 heteroatoms. The number of aromatic nitrogens is 3. The zero-order valence-electron chi connectivity index (χ0n) is 9.13. The van der Waals surface area contributed by atoms with Crippen molar-refractivity contribution in [2.24, 2.45) is 7.05 Å². The summed E-state index contributed by atoms with van der Waals surface area (Å²) in [4.78, 5) is 0. The Kier molecular flexibility index (Phi) is 11.6. The van der Waals surface area contributed by atoms with E-state index in [1.165, 1.54) is 0 Å². The Bertz CT molecular complexity index is 170. The minimum Gasteiger partial charge on any atom is -0.321 e. The van der Waals surface area contributed by atoms with E-state index >= 15 is 0 Å². The molecule has 0 atom stereocenters. The van der Waals surface area contributed by atoms with E-state index in [1.807, 2.05) is 39.3 Å². The summed E-state index contributed by atoms with van der Waals surface area (Å²) in [5.41, 5.74) is 0. The molecule has 0 saturated carbocycles. The maximum Gasteiger partial charge on any atom is 0.132 e. The lowest BCUT2D eigenvalue weighted by atomic mass is 10.5. The first-order chi connectivity index (χ1) is 5.84. The van der Waals surface area contributed by atoms with Crippen molar-refractivity contribution >= 4 is 0 Å². The van der Waals surface area contributed by atoms with Gasteiger partial charge in [-0.05, 0) is 0 Å². The minimum absolute atomic E-state index is 0.955. The highest BCUT2D eigenvalue weighted by atomic mass is 15.2. The van der Waals surface area contributed by atoms with Crippen LogP contribution in [-0.2, 0) is 13.5 Å². The van der Waals surface area contributed by atoms with Crippen molar-refractivity contribution in [2.75, 3.05) is 0 Å². The third-order valence-corrected chi connectivity index (χ3v) is 1.12. The first-order valence-corrected chi connectivity index (χ1v) is 4.67. The van der Waals surface area contributed by atoms with Crippen LogP contribution >= 0.6 is 0 Å². The van der Waals surface area contributed by atoms with Crippen LogP contribution in [-0.4, -0.2) is 14.8 Å². The molecule has 0 N–H and O–H groups in total. The maximum absolute atomic E-state index is 3.85. The summed E-state index contributed by atoms with van der Waals surface area (Å²) in [6.45, 7) is 10.1. The summed E-state index contributed by atoms with van der Waals surface area (Å²) in [7, 11) is 1.94. The molecule has 0 fully saturated rings. The molecule has 0 saturated heterocycles. The van der Waals surface area contributed by atoms with Crippen LogP contribution in [0.25, 0.3) is 0 Å². The van der Waals surface area contributed by atoms with Crippen molar-refractivity contribution in [3.63, 3.8) is 0 Å². The molecule has 0 aliphatic rings. The van der Waals surface area contributed by atoms with Gasteiger partial charge in [-0.2, -0.15) is 0 Å². The Morgan fingerprint density at radius 2 is 1.75 bits per heavy atom. The first-order valence-electron chi connectivity index (χ1n) is 4.67. The van der Waals surface area contributed by atoms with Gasteiger partial charge in [-0.3, -0.25) is 0 Å². The van der Waals surface area contributed by atoms with Crippen LogP contribution in [0, 0.1) is 0 Å². The van der Waals surface area contributed by atoms with Gasteiger partial charge in [-0.1, -0.05) is 34.6 Å². The van der Waals surface area contributed by atoms with Gasteiger partial charge in [0.15, 0.2) is 0 Å². The summed E-state index contributed by atoms with van der Waals surface area (Å²) in [5, 5.41) is 7.55. The van der Waals surface area contributed by atoms with Crippen molar-refractivity contribution in [3.05, 3.63) is 12.2 Å². The standard InChI is InChI=1S/C5H9N3.2C2H6/c1-3-5-7-6-4-8(5)2;2*1-2/h4H,3H2,1-2H3;2*1-2H3. The van der Waals surface area contributed by atoms with Crippen molar-refractivity contribution in [2.45, 2.75) is 41.0 Å². The summed E-state index contributed by atoms with van der Waals surface area (Å²) < 4.78 is 1.92. The van der Waals surface area contributed by atoms with Gasteiger partial charge >= 0.3 is 0 Å². The molecule has 0 unspecified atom stereocenters. The average molecular weight is 171 g/mol. The molecular weight excluding hydrogens is 150 g/mol. The van der Waals surface area contributed by atoms with Gasteiger partial charge in [-0.25, -0.2) is 0 Å². The molecule has 1 heterocycles. The molecule has 3 nitrogen and oxygen atoms in total. The molecule has 1 rings (SSSR count). The smallest absolute Gasteiger partial charge is 0.132 e. The van der Waals surface area contributed by atoms with Crippen LogP contribution in [0.1, 0.15) is 40.4 Å². The quantitative estimate of drug-likeness (QED) is 0.649. The Balaban J connectivity index is 0. The van der Waals surface area contributed by atoms with Gasteiger partial charge < -0.3 is 4.57 Å². The molecule has 12 heavy (non-hydrogen) atoms. The second kappa shape index (κ2) is 10.1. The highest BCUT2D eigenvalue weighted by molar-refractivity contribution is 4.81. The summed E-state index contributed by atoms with van der Waals surface area (Å²) in [6, 6.07) is 0. The monoisotopic (exact) mass is 171 g/mol. The van der Waals surface area contributed by atoms with Gasteiger partial charge in [0.1, 0.15) is 12.2 Å². The van der Waals surface area contributed by atoms with Crippen LogP contribution in [0.2, 0.25) is 0 Å². The predicted octanol–water partition coefficient (Wildman–Crippen LogP) is 2.43. The number of aryl methyl sites for hydroxylation is 2. The van der Waals surface area contributed by atoms with E-state index < -0.39 is 0 Å². The Morgan fingerprint density at radius 3 is 1.92 bits per heavy atom. The van der Waals surface area contributed by atoms with Crippen LogP contribution in [0.5, 0.6) is 0 Å². The largest absolute Gasteiger partial charge is 0.321 e. The Labute approximate surface area is 75.8 Å². The number of hydrogen-bond donors (Lipinski definition) is 0. The average Bonchev–Trinajstić information content (AvgIpc) is 2.58. The molecule has 0 spiro atoms. The minimum atomic E-state index is 0.955. The lowest BCUT2D eigenvalue weighted by Crippen LogP contribution is -1.93. The molecule has 0 aliphatic heterocycles. The highest BCUT2D eigenvalue weighted by Gasteiger charge is 1.92. The summed E-state index contributed by atoms with van der Waals surface area (Å²) in [5.74, 6) is 1.03. The molecule has 0 aliphatic carbocycles. The normalized spacial score (nSPS) is 7.50. The lowest BCUT2D eigenvalue weighted by molar-refractivity contribution is 0.807. The van der Waals surface area contributed by atoms with E-state index in [9.17, 15) is 0 Å². The van der Waals surface area contributed by atoms with Crippen molar-refractivity contribution in [3.8, 4) is 0 Å². The van der Waals surface area contributed by atoms with E-state index in [2.05, 4.69) is 17.1 Å². The molecule has 0 radical (unpaired) electrons. The number of hydrogen-bond acceptors (Lipinski definition) is 2. The third-order valence-electron chi connectivity index (χ3n) is 1.12. The fourth-order valence-corrected chi connectivity index (χ4v) is 0.627. The fourth-order valence-electron chi connectivity index (χ4n) is 0.627. The second-order valence-electron chi connectivity index (χ2n) is 1.71. The van der Waals surface area contributed by atoms with Gasteiger partial charge in [0.2, 0.25) is 0 Å². The van der Waals surface area contributed by atoms with Gasteiger partial charge in [0.25, 0.3) is 0 Å². The Morgan fingerprint density at radius 1 is 1.25 bits per heavy atom. The van der Waals surface area contributed by atoms with Crippen LogP contribution in [0.3, 0.4) is 0 Å². The van der Waals surface area contributed by atoms with Gasteiger partial charge in [0.05, 0.1) is 0 Å². The third kappa shape index (κ3) is 4.88. The molecule has 0 aromatic carbocycles. The number of rotatable bonds is 1. The highest BCUT2D eigenvalue weighted by Crippen LogP contribution is 1.89. The summed E-state index contributed by atoms with van der Waals surface area (Å²) >= 11 is 0. The van der Waals surface area contributed by atoms with Gasteiger partial charge in [-0.15, -0.1) is 10.2 Å². The molecule has 1 aromatic rings. The zero-order valence-corrected chi connectivity index (χ0v) is 9.13. The van der Waals surface area contributed by atoms with Crippen LogP contribution in [0.4, 0.5) is 0 Å². The van der Waals surface area contributed by atoms with Gasteiger partial charge in [0, 0.05) is 13.5 Å². The van der Waals surface area contributed by atoms with Crippen molar-refractivity contribution < 1.29 is 0 Å². The first kappa shape index (κ1) is 13.7. The molecule has 0 bridgehead atoms. The van der Waals surface area contributed by atoms with E-state index in [4.69, 9.17) is 0 Å². The van der Waals surface area contributed by atoms with Crippen molar-refractivity contribution in [1.82, 2.24) is 14.8 Å². The molecule has 72 valence electrons. The Hall–Kier alpha value is -0.860.